The first kappa shape index (κ1) is 11.1. The maximum atomic E-state index is 11.2. The highest BCUT2D eigenvalue weighted by atomic mass is 35.5. The molecule has 1 aromatic carbocycles. The lowest BCUT2D eigenvalue weighted by molar-refractivity contribution is -0.115. The molecule has 0 saturated heterocycles. The smallest absolute Gasteiger partial charge is 0.242 e. The lowest BCUT2D eigenvalue weighted by atomic mass is 10.3. The topological polar surface area (TPSA) is 55.1 Å². The lowest BCUT2D eigenvalue weighted by Gasteiger charge is -2.07. The van der Waals surface area contributed by atoms with Gasteiger partial charge in [0.25, 0.3) is 0 Å². The van der Waals surface area contributed by atoms with Crippen molar-refractivity contribution in [1.29, 1.82) is 0 Å². The molecule has 76 valence electrons. The van der Waals surface area contributed by atoms with E-state index < -0.39 is 5.38 Å². The number of amides is 1. The fourth-order valence-electron chi connectivity index (χ4n) is 0.847. The minimum atomic E-state index is -0.577. The second-order valence-electron chi connectivity index (χ2n) is 2.84. The Bertz CT molecular complexity index is 353. The van der Waals surface area contributed by atoms with E-state index in [1.54, 1.807) is 25.1 Å². The standard InChI is InChI=1S/C9H10Cl2N2O/c1-5(10)9(14)13-6-2-3-8(12)7(11)4-6/h2-5H,12H2,1H3,(H,13,14). The van der Waals surface area contributed by atoms with Gasteiger partial charge in [-0.25, -0.2) is 0 Å². The van der Waals surface area contributed by atoms with Crippen LogP contribution in [0.2, 0.25) is 5.02 Å². The lowest BCUT2D eigenvalue weighted by Crippen LogP contribution is -2.20. The van der Waals surface area contributed by atoms with Gasteiger partial charge in [-0.15, -0.1) is 11.6 Å². The number of nitrogens with one attached hydrogen (secondary N) is 1. The van der Waals surface area contributed by atoms with Crippen LogP contribution in [0.1, 0.15) is 6.92 Å². The molecular weight excluding hydrogens is 223 g/mol. The van der Waals surface area contributed by atoms with E-state index in [0.717, 1.165) is 0 Å². The van der Waals surface area contributed by atoms with Gasteiger partial charge in [0.15, 0.2) is 0 Å². The maximum absolute atomic E-state index is 11.2. The Hall–Kier alpha value is -0.930. The zero-order chi connectivity index (χ0) is 10.7. The second kappa shape index (κ2) is 4.53. The van der Waals surface area contributed by atoms with Gasteiger partial charge in [0, 0.05) is 5.69 Å². The number of nitrogen functional groups attached to an aromatic ring is 1. The molecule has 0 aliphatic carbocycles. The van der Waals surface area contributed by atoms with E-state index in [0.29, 0.717) is 16.4 Å². The third kappa shape index (κ3) is 2.79. The van der Waals surface area contributed by atoms with Crippen molar-refractivity contribution in [3.63, 3.8) is 0 Å². The molecule has 1 unspecified atom stereocenters. The Morgan fingerprint density at radius 1 is 1.57 bits per heavy atom. The molecule has 0 aromatic heterocycles. The Morgan fingerprint density at radius 2 is 2.21 bits per heavy atom. The molecule has 0 heterocycles. The van der Waals surface area contributed by atoms with Crippen molar-refractivity contribution in [1.82, 2.24) is 0 Å². The fourth-order valence-corrected chi connectivity index (χ4v) is 1.08. The van der Waals surface area contributed by atoms with Crippen molar-refractivity contribution in [2.24, 2.45) is 0 Å². The monoisotopic (exact) mass is 232 g/mol. The Morgan fingerprint density at radius 3 is 2.71 bits per heavy atom. The van der Waals surface area contributed by atoms with Gasteiger partial charge in [0.1, 0.15) is 5.38 Å². The zero-order valence-corrected chi connectivity index (χ0v) is 9.06. The highest BCUT2D eigenvalue weighted by molar-refractivity contribution is 6.34. The molecule has 0 bridgehead atoms. The predicted octanol–water partition coefficient (Wildman–Crippen LogP) is 2.49. The van der Waals surface area contributed by atoms with Crippen LogP contribution in [0, 0.1) is 0 Å². The van der Waals surface area contributed by atoms with E-state index in [9.17, 15) is 4.79 Å². The third-order valence-corrected chi connectivity index (χ3v) is 2.15. The van der Waals surface area contributed by atoms with Crippen molar-refractivity contribution in [3.8, 4) is 0 Å². The van der Waals surface area contributed by atoms with Gasteiger partial charge in [-0.1, -0.05) is 11.6 Å². The summed E-state index contributed by atoms with van der Waals surface area (Å²) in [6, 6.07) is 4.86. The first-order chi connectivity index (χ1) is 6.50. The summed E-state index contributed by atoms with van der Waals surface area (Å²) in [6.45, 7) is 1.59. The minimum Gasteiger partial charge on any atom is -0.398 e. The number of alkyl halides is 1. The molecule has 0 aliphatic heterocycles. The van der Waals surface area contributed by atoms with E-state index in [1.165, 1.54) is 0 Å². The second-order valence-corrected chi connectivity index (χ2v) is 3.90. The van der Waals surface area contributed by atoms with E-state index >= 15 is 0 Å². The molecule has 5 heteroatoms. The van der Waals surface area contributed by atoms with E-state index in [1.807, 2.05) is 0 Å². The molecule has 1 rings (SSSR count). The summed E-state index contributed by atoms with van der Waals surface area (Å²) in [5.41, 5.74) is 6.57. The van der Waals surface area contributed by atoms with Crippen LogP contribution in [0.5, 0.6) is 0 Å². The summed E-state index contributed by atoms with van der Waals surface area (Å²) in [6.07, 6.45) is 0. The summed E-state index contributed by atoms with van der Waals surface area (Å²) < 4.78 is 0. The molecule has 3 N–H and O–H groups in total. The molecule has 14 heavy (non-hydrogen) atoms. The van der Waals surface area contributed by atoms with Crippen LogP contribution < -0.4 is 11.1 Å². The third-order valence-electron chi connectivity index (χ3n) is 1.63. The number of rotatable bonds is 2. The van der Waals surface area contributed by atoms with Crippen molar-refractivity contribution < 1.29 is 4.79 Å². The molecule has 0 fully saturated rings. The molecule has 0 aliphatic rings. The molecule has 1 aromatic rings. The molecule has 0 radical (unpaired) electrons. The number of halogens is 2. The summed E-state index contributed by atoms with van der Waals surface area (Å²) in [5.74, 6) is -0.271. The summed E-state index contributed by atoms with van der Waals surface area (Å²) in [4.78, 5) is 11.2. The van der Waals surface area contributed by atoms with Crippen LogP contribution in [0.25, 0.3) is 0 Å². The number of hydrogen-bond acceptors (Lipinski definition) is 2. The molecule has 0 spiro atoms. The van der Waals surface area contributed by atoms with Gasteiger partial charge in [0.05, 0.1) is 10.7 Å². The average molecular weight is 233 g/mol. The SMILES string of the molecule is CC(Cl)C(=O)Nc1ccc(N)c(Cl)c1. The number of nitrogens with two attached hydrogens (primary N) is 1. The molecule has 1 atom stereocenters. The number of benzene rings is 1. The first-order valence-corrected chi connectivity index (χ1v) is 4.82. The average Bonchev–Trinajstić information content (AvgIpc) is 2.11. The van der Waals surface area contributed by atoms with E-state index in [2.05, 4.69) is 5.32 Å². The van der Waals surface area contributed by atoms with Gasteiger partial charge < -0.3 is 11.1 Å². The summed E-state index contributed by atoms with van der Waals surface area (Å²) in [7, 11) is 0. The van der Waals surface area contributed by atoms with Crippen LogP contribution >= 0.6 is 23.2 Å². The van der Waals surface area contributed by atoms with Crippen molar-refractivity contribution >= 4 is 40.5 Å². The van der Waals surface area contributed by atoms with Gasteiger partial charge in [-0.05, 0) is 25.1 Å². The Balaban J connectivity index is 2.78. The van der Waals surface area contributed by atoms with Crippen molar-refractivity contribution in [3.05, 3.63) is 23.2 Å². The number of hydrogen-bond donors (Lipinski definition) is 2. The quantitative estimate of drug-likeness (QED) is 0.609. The number of anilines is 2. The normalized spacial score (nSPS) is 12.2. The fraction of sp³-hybridized carbons (Fsp3) is 0.222. The molecule has 1 amide bonds. The predicted molar refractivity (Wildman–Crippen MR) is 59.8 cm³/mol. The molecular formula is C9H10Cl2N2O. The Kier molecular flexibility index (Phi) is 3.61. The highest BCUT2D eigenvalue weighted by Crippen LogP contribution is 2.22. The minimum absolute atomic E-state index is 0.271. The van der Waals surface area contributed by atoms with E-state index in [-0.39, 0.29) is 5.91 Å². The van der Waals surface area contributed by atoms with Crippen LogP contribution in [-0.2, 0) is 4.79 Å². The molecule has 3 nitrogen and oxygen atoms in total. The van der Waals surface area contributed by atoms with Crippen LogP contribution in [0.4, 0.5) is 11.4 Å². The summed E-state index contributed by atoms with van der Waals surface area (Å²) in [5, 5.41) is 2.43. The highest BCUT2D eigenvalue weighted by Gasteiger charge is 2.09. The zero-order valence-electron chi connectivity index (χ0n) is 7.55. The van der Waals surface area contributed by atoms with Crippen molar-refractivity contribution in [2.75, 3.05) is 11.1 Å². The van der Waals surface area contributed by atoms with Gasteiger partial charge >= 0.3 is 0 Å². The number of carbonyl (C=O) groups excluding carboxylic acids is 1. The van der Waals surface area contributed by atoms with Gasteiger partial charge in [0.2, 0.25) is 5.91 Å². The molecule has 0 saturated carbocycles. The summed E-state index contributed by atoms with van der Waals surface area (Å²) >= 11 is 11.3. The number of carbonyl (C=O) groups is 1. The first-order valence-electron chi connectivity index (χ1n) is 4.00. The van der Waals surface area contributed by atoms with E-state index in [4.69, 9.17) is 28.9 Å². The van der Waals surface area contributed by atoms with Gasteiger partial charge in [-0.3, -0.25) is 4.79 Å². The van der Waals surface area contributed by atoms with Crippen LogP contribution in [-0.4, -0.2) is 11.3 Å². The van der Waals surface area contributed by atoms with Gasteiger partial charge in [-0.2, -0.15) is 0 Å². The largest absolute Gasteiger partial charge is 0.398 e. The maximum Gasteiger partial charge on any atom is 0.242 e. The van der Waals surface area contributed by atoms with Crippen molar-refractivity contribution in [2.45, 2.75) is 12.3 Å². The van der Waals surface area contributed by atoms with Crippen LogP contribution in [0.15, 0.2) is 18.2 Å². The van der Waals surface area contributed by atoms with Crippen LogP contribution in [0.3, 0.4) is 0 Å². The Labute approximate surface area is 92.2 Å².